The van der Waals surface area contributed by atoms with Crippen LogP contribution in [0.25, 0.3) is 11.1 Å². The molecule has 1 aliphatic heterocycles. The smallest absolute Gasteiger partial charge is 0.134 e. The lowest BCUT2D eigenvalue weighted by atomic mass is 9.97. The Morgan fingerprint density at radius 2 is 1.78 bits per heavy atom. The molecule has 7 nitrogen and oxygen atoms in total. The molecule has 0 aromatic heterocycles. The van der Waals surface area contributed by atoms with E-state index in [1.807, 2.05) is 54.6 Å². The van der Waals surface area contributed by atoms with Crippen molar-refractivity contribution in [3.8, 4) is 28.7 Å². The highest BCUT2D eigenvalue weighted by Gasteiger charge is 2.21. The van der Waals surface area contributed by atoms with Crippen LogP contribution in [0, 0.1) is 23.2 Å². The lowest BCUT2D eigenvalue weighted by molar-refractivity contribution is 0.288. The van der Waals surface area contributed by atoms with Crippen molar-refractivity contribution in [1.82, 2.24) is 4.90 Å². The first-order valence-electron chi connectivity index (χ1n) is 13.8. The molecule has 0 aliphatic carbocycles. The van der Waals surface area contributed by atoms with Crippen molar-refractivity contribution in [1.29, 1.82) is 5.26 Å². The van der Waals surface area contributed by atoms with Crippen molar-refractivity contribution in [3.05, 3.63) is 124 Å². The molecule has 206 valence electrons. The number of aliphatic imine (C=N–C) groups is 1. The first-order chi connectivity index (χ1) is 20.2. The Morgan fingerprint density at radius 1 is 0.927 bits per heavy atom. The highest BCUT2D eigenvalue weighted by Crippen LogP contribution is 2.31. The summed E-state index contributed by atoms with van der Waals surface area (Å²) in [5.41, 5.74) is 6.96. The van der Waals surface area contributed by atoms with Crippen LogP contribution in [-0.4, -0.2) is 36.9 Å². The van der Waals surface area contributed by atoms with E-state index in [2.05, 4.69) is 53.4 Å². The molecule has 7 heteroatoms. The van der Waals surface area contributed by atoms with Gasteiger partial charge in [0.05, 0.1) is 23.7 Å². The summed E-state index contributed by atoms with van der Waals surface area (Å²) in [7, 11) is 0. The van der Waals surface area contributed by atoms with E-state index in [0.717, 1.165) is 35.5 Å². The zero-order chi connectivity index (χ0) is 28.4. The fourth-order valence-electron chi connectivity index (χ4n) is 5.01. The van der Waals surface area contributed by atoms with Gasteiger partial charge in [0.25, 0.3) is 0 Å². The third kappa shape index (κ3) is 6.79. The summed E-state index contributed by atoms with van der Waals surface area (Å²) in [5, 5.41) is 12.3. The van der Waals surface area contributed by atoms with E-state index in [-0.39, 0.29) is 13.2 Å². The number of hydrogen-bond acceptors (Lipinski definition) is 7. The molecule has 0 bridgehead atoms. The number of nitriles is 1. The first-order valence-corrected chi connectivity index (χ1v) is 13.8. The van der Waals surface area contributed by atoms with Crippen molar-refractivity contribution in [2.75, 3.05) is 26.2 Å². The number of rotatable bonds is 11. The molecule has 4 aromatic carbocycles. The highest BCUT2D eigenvalue weighted by atomic mass is 16.5. The lowest BCUT2D eigenvalue weighted by Crippen LogP contribution is -2.38. The van der Waals surface area contributed by atoms with E-state index in [4.69, 9.17) is 14.5 Å². The molecule has 5 rings (SSSR count). The average Bonchev–Trinajstić information content (AvgIpc) is 3.03. The van der Waals surface area contributed by atoms with Gasteiger partial charge < -0.3 is 14.4 Å². The third-order valence-corrected chi connectivity index (χ3v) is 7.18. The Labute approximate surface area is 240 Å². The fraction of sp³-hybridized carbons (Fsp3) is 0.235. The molecule has 41 heavy (non-hydrogen) atoms. The predicted octanol–water partition coefficient (Wildman–Crippen LogP) is 6.91. The number of hydrogen-bond donors (Lipinski definition) is 0. The number of ether oxygens (including phenoxy) is 2. The summed E-state index contributed by atoms with van der Waals surface area (Å²) in [6.45, 7) is 5.02. The second kappa shape index (κ2) is 13.4. The molecule has 4 aromatic rings. The average molecular weight is 545 g/mol. The van der Waals surface area contributed by atoms with Gasteiger partial charge in [0.15, 0.2) is 0 Å². The summed E-state index contributed by atoms with van der Waals surface area (Å²) in [6.07, 6.45) is 0.919. The molecule has 1 aliphatic rings. The third-order valence-electron chi connectivity index (χ3n) is 7.18. The summed E-state index contributed by atoms with van der Waals surface area (Å²) in [5.74, 6) is 2.10. The minimum absolute atomic E-state index is 0.193. The molecule has 0 radical (unpaired) electrons. The summed E-state index contributed by atoms with van der Waals surface area (Å²) in [6, 6.07) is 32.0. The fourth-order valence-corrected chi connectivity index (χ4v) is 5.01. The van der Waals surface area contributed by atoms with Gasteiger partial charge in [-0.2, -0.15) is 10.2 Å². The lowest BCUT2D eigenvalue weighted by Gasteiger charge is -2.29. The largest absolute Gasteiger partial charge is 0.489 e. The van der Waals surface area contributed by atoms with Gasteiger partial charge in [-0.15, -0.1) is 0 Å². The van der Waals surface area contributed by atoms with Gasteiger partial charge in [-0.3, -0.25) is 4.99 Å². The topological polar surface area (TPSA) is 87.3 Å². The van der Waals surface area contributed by atoms with Crippen LogP contribution in [0.5, 0.6) is 11.5 Å². The molecule has 0 fully saturated rings. The zero-order valence-corrected chi connectivity index (χ0v) is 23.1. The van der Waals surface area contributed by atoms with Gasteiger partial charge in [0, 0.05) is 25.7 Å². The Kier molecular flexibility index (Phi) is 9.02. The summed E-state index contributed by atoms with van der Waals surface area (Å²) in [4.78, 5) is 17.7. The van der Waals surface area contributed by atoms with E-state index in [0.29, 0.717) is 36.8 Å². The van der Waals surface area contributed by atoms with Crippen LogP contribution in [0.15, 0.2) is 101 Å². The Morgan fingerprint density at radius 3 is 2.61 bits per heavy atom. The van der Waals surface area contributed by atoms with E-state index >= 15 is 0 Å². The van der Waals surface area contributed by atoms with Gasteiger partial charge in [-0.1, -0.05) is 65.8 Å². The molecular formula is C34H32N4O3. The zero-order valence-electron chi connectivity index (χ0n) is 23.1. The first kappa shape index (κ1) is 27.6. The molecular weight excluding hydrogens is 512 g/mol. The number of nitrogens with zero attached hydrogens (tertiary/aromatic N) is 4. The van der Waals surface area contributed by atoms with Crippen LogP contribution in [0.1, 0.15) is 34.2 Å². The van der Waals surface area contributed by atoms with Gasteiger partial charge in [0.2, 0.25) is 0 Å². The van der Waals surface area contributed by atoms with Crippen LogP contribution in [0.3, 0.4) is 0 Å². The van der Waals surface area contributed by atoms with Crippen molar-refractivity contribution in [3.63, 3.8) is 0 Å². The number of nitroso groups, excluding NO2 is 1. The van der Waals surface area contributed by atoms with E-state index in [9.17, 15) is 10.2 Å². The molecule has 0 unspecified atom stereocenters. The van der Waals surface area contributed by atoms with E-state index in [1.54, 1.807) is 6.07 Å². The predicted molar refractivity (Wildman–Crippen MR) is 161 cm³/mol. The number of benzene rings is 4. The molecule has 0 amide bonds. The molecule has 0 spiro atoms. The minimum atomic E-state index is 0.193. The van der Waals surface area contributed by atoms with Crippen LogP contribution in [0.2, 0.25) is 0 Å². The molecule has 0 N–H and O–H groups in total. The highest BCUT2D eigenvalue weighted by molar-refractivity contribution is 6.01. The molecule has 0 saturated carbocycles. The van der Waals surface area contributed by atoms with E-state index < -0.39 is 0 Å². The minimum Gasteiger partial charge on any atom is -0.489 e. The van der Waals surface area contributed by atoms with Crippen LogP contribution in [0.4, 0.5) is 0 Å². The Balaban J connectivity index is 1.41. The van der Waals surface area contributed by atoms with Crippen LogP contribution < -0.4 is 9.47 Å². The summed E-state index contributed by atoms with van der Waals surface area (Å²) >= 11 is 0. The SMILES string of the molecule is Cc1c(COc2ccc(C3=NCCCN3CCN=O)c(OCc3cccc(C#N)c3)c2)cccc1-c1ccccc1. The molecule has 0 atom stereocenters. The van der Waals surface area contributed by atoms with Gasteiger partial charge in [-0.05, 0) is 65.4 Å². The second-order valence-electron chi connectivity index (χ2n) is 9.90. The quantitative estimate of drug-likeness (QED) is 0.192. The van der Waals surface area contributed by atoms with E-state index in [1.165, 1.54) is 16.7 Å². The maximum atomic E-state index is 10.8. The molecule has 1 heterocycles. The van der Waals surface area contributed by atoms with Crippen LogP contribution in [-0.2, 0) is 13.2 Å². The van der Waals surface area contributed by atoms with Gasteiger partial charge in [-0.25, -0.2) is 0 Å². The van der Waals surface area contributed by atoms with Crippen molar-refractivity contribution >= 4 is 5.84 Å². The second-order valence-corrected chi connectivity index (χ2v) is 9.90. The number of amidine groups is 1. The van der Waals surface area contributed by atoms with Gasteiger partial charge >= 0.3 is 0 Å². The normalized spacial score (nSPS) is 12.8. The van der Waals surface area contributed by atoms with Gasteiger partial charge in [0.1, 0.15) is 30.5 Å². The Hall–Kier alpha value is -4.96. The monoisotopic (exact) mass is 544 g/mol. The summed E-state index contributed by atoms with van der Waals surface area (Å²) < 4.78 is 12.6. The standard InChI is InChI=1S/C34H32N4O3/c1-25-29(12-6-13-31(25)28-10-3-2-4-11-28)24-40-30-14-15-32(34-36-16-7-18-38(34)19-17-37-39)33(21-30)41-23-27-9-5-8-26(20-27)22-35/h2-6,8-15,20-21H,7,16-19,23-24H2,1H3. The van der Waals surface area contributed by atoms with Crippen molar-refractivity contribution < 1.29 is 9.47 Å². The maximum Gasteiger partial charge on any atom is 0.134 e. The molecule has 0 saturated heterocycles. The maximum absolute atomic E-state index is 10.8. The van der Waals surface area contributed by atoms with Crippen molar-refractivity contribution in [2.24, 2.45) is 10.2 Å². The van der Waals surface area contributed by atoms with Crippen molar-refractivity contribution in [2.45, 2.75) is 26.6 Å². The van der Waals surface area contributed by atoms with Crippen LogP contribution >= 0.6 is 0 Å². The Bertz CT molecular complexity index is 1580.